The third kappa shape index (κ3) is 7.00. The van der Waals surface area contributed by atoms with E-state index in [1.165, 1.54) is 0 Å². The second-order valence-electron chi connectivity index (χ2n) is 6.44. The fraction of sp³-hybridized carbons (Fsp3) is 0.250. The number of hydrogen-bond donors (Lipinski definition) is 3. The molecule has 0 heterocycles. The minimum atomic E-state index is -0.804. The second-order valence-corrected chi connectivity index (χ2v) is 6.84. The molecule has 0 aromatic heterocycles. The molecule has 0 saturated carbocycles. The highest BCUT2D eigenvalue weighted by atomic mass is 35.5. The van der Waals surface area contributed by atoms with Gasteiger partial charge in [0.1, 0.15) is 0 Å². The van der Waals surface area contributed by atoms with E-state index >= 15 is 0 Å². The van der Waals surface area contributed by atoms with Crippen LogP contribution >= 0.6 is 11.6 Å². The van der Waals surface area contributed by atoms with Crippen LogP contribution in [-0.2, 0) is 14.3 Å². The first-order valence-corrected chi connectivity index (χ1v) is 9.17. The third-order valence-electron chi connectivity index (χ3n) is 4.00. The first kappa shape index (κ1) is 22.0. The normalized spacial score (nSPS) is 11.3. The van der Waals surface area contributed by atoms with Crippen molar-refractivity contribution in [3.8, 4) is 0 Å². The molecule has 0 saturated heterocycles. The third-order valence-corrected chi connectivity index (χ3v) is 4.34. The Balaban J connectivity index is 1.90. The molecule has 0 radical (unpaired) electrons. The Hall–Kier alpha value is -3.26. The molecular formula is C20H23ClN4O4. The number of urea groups is 1. The Morgan fingerprint density at radius 2 is 1.76 bits per heavy atom. The van der Waals surface area contributed by atoms with Crippen molar-refractivity contribution in [2.24, 2.45) is 5.73 Å². The van der Waals surface area contributed by atoms with Crippen LogP contribution in [0, 0.1) is 0 Å². The zero-order valence-corrected chi connectivity index (χ0v) is 16.9. The summed E-state index contributed by atoms with van der Waals surface area (Å²) in [5.41, 5.74) is 7.28. The number of carbonyl (C=O) groups excluding carboxylic acids is 3. The van der Waals surface area contributed by atoms with Crippen LogP contribution < -0.4 is 21.3 Å². The summed E-state index contributed by atoms with van der Waals surface area (Å²) in [4.78, 5) is 37.4. The number of halogens is 1. The van der Waals surface area contributed by atoms with E-state index < -0.39 is 30.6 Å². The van der Waals surface area contributed by atoms with Gasteiger partial charge in [-0.2, -0.15) is 0 Å². The molecule has 0 spiro atoms. The van der Waals surface area contributed by atoms with E-state index in [0.29, 0.717) is 16.3 Å². The van der Waals surface area contributed by atoms with E-state index in [0.717, 1.165) is 5.69 Å². The Labute approximate surface area is 174 Å². The van der Waals surface area contributed by atoms with Crippen molar-refractivity contribution >= 4 is 40.9 Å². The van der Waals surface area contributed by atoms with E-state index in [1.807, 2.05) is 31.1 Å². The predicted molar refractivity (Wildman–Crippen MR) is 112 cm³/mol. The molecule has 154 valence electrons. The first-order chi connectivity index (χ1) is 13.8. The molecule has 29 heavy (non-hydrogen) atoms. The van der Waals surface area contributed by atoms with Crippen LogP contribution in [0.1, 0.15) is 18.0 Å². The maximum Gasteiger partial charge on any atom is 0.312 e. The molecule has 4 N–H and O–H groups in total. The summed E-state index contributed by atoms with van der Waals surface area (Å²) >= 11 is 6.12. The zero-order chi connectivity index (χ0) is 21.4. The maximum absolute atomic E-state index is 12.2. The topological polar surface area (TPSA) is 114 Å². The van der Waals surface area contributed by atoms with E-state index in [9.17, 15) is 14.4 Å². The van der Waals surface area contributed by atoms with Crippen molar-refractivity contribution in [3.05, 3.63) is 59.1 Å². The van der Waals surface area contributed by atoms with Crippen molar-refractivity contribution in [2.45, 2.75) is 12.5 Å². The summed E-state index contributed by atoms with van der Waals surface area (Å²) in [7, 11) is 3.83. The Morgan fingerprint density at radius 3 is 2.34 bits per heavy atom. The van der Waals surface area contributed by atoms with Gasteiger partial charge in [-0.05, 0) is 35.9 Å². The van der Waals surface area contributed by atoms with Gasteiger partial charge in [-0.1, -0.05) is 29.8 Å². The van der Waals surface area contributed by atoms with Gasteiger partial charge in [0.05, 0.1) is 12.5 Å². The van der Waals surface area contributed by atoms with Crippen molar-refractivity contribution < 1.29 is 19.1 Å². The summed E-state index contributed by atoms with van der Waals surface area (Å²) in [6.07, 6.45) is -0.225. The number of esters is 1. The fourth-order valence-electron chi connectivity index (χ4n) is 2.58. The summed E-state index contributed by atoms with van der Waals surface area (Å²) in [5, 5.41) is 5.48. The predicted octanol–water partition coefficient (Wildman–Crippen LogP) is 2.69. The lowest BCUT2D eigenvalue weighted by atomic mass is 10.0. The van der Waals surface area contributed by atoms with Gasteiger partial charge in [0.2, 0.25) is 0 Å². The number of benzene rings is 2. The number of nitrogens with two attached hydrogens (primary N) is 1. The molecule has 1 atom stereocenters. The van der Waals surface area contributed by atoms with Gasteiger partial charge >= 0.3 is 12.0 Å². The number of amides is 3. The standard InChI is InChI=1S/C20H23ClN4O4/c1-25(2)14-9-7-13(8-10-14)23-18(26)12-29-19(27)11-17(24-20(22)28)15-5-3-4-6-16(15)21/h3-10,17H,11-12H2,1-2H3,(H,23,26)(H3,22,24,28)/t17-/m1/s1. The van der Waals surface area contributed by atoms with Gasteiger partial charge < -0.3 is 26.0 Å². The average molecular weight is 419 g/mol. The highest BCUT2D eigenvalue weighted by Crippen LogP contribution is 2.25. The van der Waals surface area contributed by atoms with E-state index in [-0.39, 0.29) is 6.42 Å². The Morgan fingerprint density at radius 1 is 1.10 bits per heavy atom. The summed E-state index contributed by atoms with van der Waals surface area (Å²) in [6.45, 7) is -0.458. The van der Waals surface area contributed by atoms with E-state index in [1.54, 1.807) is 36.4 Å². The van der Waals surface area contributed by atoms with Crippen LogP contribution in [-0.4, -0.2) is 38.6 Å². The molecule has 2 rings (SSSR count). The van der Waals surface area contributed by atoms with Gasteiger partial charge in [-0.25, -0.2) is 4.79 Å². The Kier molecular flexibility index (Phi) is 7.85. The van der Waals surface area contributed by atoms with Crippen LogP contribution in [0.2, 0.25) is 5.02 Å². The second kappa shape index (κ2) is 10.3. The van der Waals surface area contributed by atoms with Gasteiger partial charge in [-0.15, -0.1) is 0 Å². The van der Waals surface area contributed by atoms with Crippen LogP contribution in [0.15, 0.2) is 48.5 Å². The average Bonchev–Trinajstić information content (AvgIpc) is 2.66. The number of rotatable bonds is 8. The number of primary amides is 1. The molecule has 2 aromatic rings. The lowest BCUT2D eigenvalue weighted by Gasteiger charge is -2.18. The molecule has 2 aromatic carbocycles. The summed E-state index contributed by atoms with van der Waals surface area (Å²) < 4.78 is 5.02. The van der Waals surface area contributed by atoms with Crippen LogP contribution in [0.4, 0.5) is 16.2 Å². The van der Waals surface area contributed by atoms with Crippen molar-refractivity contribution in [3.63, 3.8) is 0 Å². The highest BCUT2D eigenvalue weighted by Gasteiger charge is 2.21. The number of nitrogens with one attached hydrogen (secondary N) is 2. The monoisotopic (exact) mass is 418 g/mol. The van der Waals surface area contributed by atoms with E-state index in [2.05, 4.69) is 10.6 Å². The van der Waals surface area contributed by atoms with Crippen LogP contribution in [0.3, 0.4) is 0 Å². The number of hydrogen-bond acceptors (Lipinski definition) is 5. The van der Waals surface area contributed by atoms with E-state index in [4.69, 9.17) is 22.1 Å². The number of anilines is 2. The maximum atomic E-state index is 12.2. The van der Waals surface area contributed by atoms with Gasteiger partial charge in [0, 0.05) is 30.5 Å². The lowest BCUT2D eigenvalue weighted by Crippen LogP contribution is -2.35. The summed E-state index contributed by atoms with van der Waals surface area (Å²) in [5.74, 6) is -1.16. The molecule has 9 heteroatoms. The van der Waals surface area contributed by atoms with Crippen LogP contribution in [0.25, 0.3) is 0 Å². The first-order valence-electron chi connectivity index (χ1n) is 8.79. The molecule has 0 unspecified atom stereocenters. The van der Waals surface area contributed by atoms with Crippen molar-refractivity contribution in [1.82, 2.24) is 5.32 Å². The molecule has 0 aliphatic rings. The lowest BCUT2D eigenvalue weighted by molar-refractivity contribution is -0.147. The van der Waals surface area contributed by atoms with Crippen molar-refractivity contribution in [1.29, 1.82) is 0 Å². The minimum Gasteiger partial charge on any atom is -0.455 e. The zero-order valence-electron chi connectivity index (χ0n) is 16.1. The molecule has 0 aliphatic heterocycles. The smallest absolute Gasteiger partial charge is 0.312 e. The summed E-state index contributed by atoms with van der Waals surface area (Å²) in [6, 6.07) is 12.4. The van der Waals surface area contributed by atoms with Gasteiger partial charge in [-0.3, -0.25) is 9.59 Å². The van der Waals surface area contributed by atoms with Crippen LogP contribution in [0.5, 0.6) is 0 Å². The molecule has 0 bridgehead atoms. The molecule has 0 aliphatic carbocycles. The molecule has 8 nitrogen and oxygen atoms in total. The minimum absolute atomic E-state index is 0.225. The number of nitrogens with zero attached hydrogens (tertiary/aromatic N) is 1. The number of carbonyl (C=O) groups is 3. The Bertz CT molecular complexity index is 871. The van der Waals surface area contributed by atoms with Gasteiger partial charge in [0.15, 0.2) is 6.61 Å². The fourth-order valence-corrected chi connectivity index (χ4v) is 2.85. The number of ether oxygens (including phenoxy) is 1. The quantitative estimate of drug-likeness (QED) is 0.570. The van der Waals surface area contributed by atoms with Crippen molar-refractivity contribution in [2.75, 3.05) is 30.9 Å². The highest BCUT2D eigenvalue weighted by molar-refractivity contribution is 6.31. The SMILES string of the molecule is CN(C)c1ccc(NC(=O)COC(=O)C[C@@H](NC(N)=O)c2ccccc2Cl)cc1. The largest absolute Gasteiger partial charge is 0.455 e. The molecule has 0 fully saturated rings. The van der Waals surface area contributed by atoms with Gasteiger partial charge in [0.25, 0.3) is 5.91 Å². The molecule has 3 amide bonds. The molecular weight excluding hydrogens is 396 g/mol.